The van der Waals surface area contributed by atoms with Crippen molar-refractivity contribution in [2.75, 3.05) is 0 Å². The largest absolute Gasteiger partial charge is 0.744 e. The molecule has 0 fully saturated rings. The first-order chi connectivity index (χ1) is 30.9. The molecule has 0 bridgehead atoms. The molecule has 0 unspecified atom stereocenters. The van der Waals surface area contributed by atoms with Gasteiger partial charge >= 0.3 is 0 Å². The van der Waals surface area contributed by atoms with Gasteiger partial charge in [-0.25, -0.2) is 33.7 Å². The molecule has 0 atom stereocenters. The minimum absolute atomic E-state index is 0. The van der Waals surface area contributed by atoms with Crippen molar-refractivity contribution in [1.29, 1.82) is 0 Å². The van der Waals surface area contributed by atoms with Crippen LogP contribution in [0.25, 0.3) is 21.5 Å². The quantitative estimate of drug-likeness (QED) is 0.147. The molecule has 0 aliphatic heterocycles. The lowest BCUT2D eigenvalue weighted by molar-refractivity contribution is -0.255. The van der Waals surface area contributed by atoms with Gasteiger partial charge in [-0.1, -0.05) is 97.1 Å². The topological polar surface area (TPSA) is 465 Å². The van der Waals surface area contributed by atoms with E-state index in [-0.39, 0.29) is 43.4 Å². The number of fused-ring (bicyclic) bond motifs is 2. The molecule has 0 aromatic heterocycles. The minimum atomic E-state index is -4.74. The molecule has 0 saturated carbocycles. The number of hydrogen-bond acceptors (Lipinski definition) is 12. The summed E-state index contributed by atoms with van der Waals surface area (Å²) in [5, 5.41) is -0.317. The van der Waals surface area contributed by atoms with Crippen molar-refractivity contribution >= 4 is 84.8 Å². The summed E-state index contributed by atoms with van der Waals surface area (Å²) in [6.07, 6.45) is 1.95. The van der Waals surface area contributed by atoms with Gasteiger partial charge in [0.25, 0.3) is 0 Å². The first-order valence-corrected chi connectivity index (χ1v) is 25.0. The van der Waals surface area contributed by atoms with E-state index in [1.807, 2.05) is 48.5 Å². The van der Waals surface area contributed by atoms with Crippen LogP contribution in [-0.2, 0) is 53.3 Å². The van der Waals surface area contributed by atoms with Crippen LogP contribution in [0.15, 0.2) is 189 Å². The van der Waals surface area contributed by atoms with Crippen molar-refractivity contribution in [2.24, 2.45) is 0 Å². The highest BCUT2D eigenvalue weighted by atomic mass is 32.2. The summed E-state index contributed by atoms with van der Waals surface area (Å²) in [5.41, 5.74) is 25.0. The molecule has 376 valence electrons. The van der Waals surface area contributed by atoms with E-state index in [1.165, 1.54) is 70.8 Å². The number of hydrogen-bond donors (Lipinski definition) is 4. The van der Waals surface area contributed by atoms with E-state index in [9.17, 15) is 51.9 Å². The van der Waals surface area contributed by atoms with Crippen LogP contribution in [0.2, 0.25) is 0 Å². The number of quaternary nitrogens is 4. The van der Waals surface area contributed by atoms with Gasteiger partial charge in [-0.3, -0.25) is 0 Å². The molecule has 0 radical (unpaired) electrons. The van der Waals surface area contributed by atoms with Crippen molar-refractivity contribution in [3.63, 3.8) is 0 Å². The average molecular weight is 1050 g/mol. The van der Waals surface area contributed by atoms with Crippen LogP contribution in [0.4, 0.5) is 22.7 Å². The Morgan fingerprint density at radius 3 is 0.571 bits per heavy atom. The molecule has 0 aliphatic carbocycles. The van der Waals surface area contributed by atoms with Crippen molar-refractivity contribution in [2.45, 2.75) is 32.4 Å². The first-order valence-electron chi connectivity index (χ1n) is 19.4. The maximum atomic E-state index is 11.0. The van der Waals surface area contributed by atoms with Crippen LogP contribution in [0.3, 0.4) is 0 Å². The van der Waals surface area contributed by atoms with Gasteiger partial charge in [0.2, 0.25) is 0 Å². The van der Waals surface area contributed by atoms with Gasteiger partial charge < -0.3 is 63.1 Å². The lowest BCUT2D eigenvalue weighted by atomic mass is 10.0. The van der Waals surface area contributed by atoms with Crippen LogP contribution < -0.4 is 22.9 Å². The van der Waals surface area contributed by atoms with Gasteiger partial charge in [0, 0.05) is 21.5 Å². The van der Waals surface area contributed by atoms with E-state index in [0.717, 1.165) is 59.9 Å². The standard InChI is InChI=1S/2C13H14N2.2C10H8O6S2.4H2O/c2*14-12-5-1-10(2-6-12)9-11-3-7-13(15)8-4-11;2*11-17(12,13)9-5-1-3-7-8(9)4-2-6-10(7)18(14,15)16;;;;/h2*1-8H,9,14-15H2;2*1-6H,(H,11,12,13)(H,14,15,16);4*1H2. The molecule has 8 aromatic carbocycles. The van der Waals surface area contributed by atoms with Gasteiger partial charge in [0.1, 0.15) is 63.2 Å². The third-order valence-corrected chi connectivity index (χ3v) is 13.2. The fourth-order valence-electron chi connectivity index (χ4n) is 6.48. The Kier molecular flexibility index (Phi) is 22.9. The molecule has 0 heterocycles. The fraction of sp³-hybridized carbons (Fsp3) is 0.0435. The van der Waals surface area contributed by atoms with E-state index < -0.39 is 60.1 Å². The summed E-state index contributed by atoms with van der Waals surface area (Å²) in [7, 11) is -19.0. The van der Waals surface area contributed by atoms with E-state index >= 15 is 0 Å². The van der Waals surface area contributed by atoms with Crippen molar-refractivity contribution < 1.29 is 96.7 Å². The molecule has 8 rings (SSSR count). The highest BCUT2D eigenvalue weighted by Gasteiger charge is 2.14. The maximum absolute atomic E-state index is 11.0. The Labute approximate surface area is 404 Å². The molecule has 0 amide bonds. The predicted octanol–water partition coefficient (Wildman–Crippen LogP) is 0.0456. The highest BCUT2D eigenvalue weighted by Crippen LogP contribution is 2.29. The molecule has 0 aliphatic rings. The first kappa shape index (κ1) is 61.6. The van der Waals surface area contributed by atoms with Gasteiger partial charge in [0.15, 0.2) is 0 Å². The third kappa shape index (κ3) is 17.5. The number of benzene rings is 8. The number of rotatable bonds is 8. The van der Waals surface area contributed by atoms with Crippen LogP contribution in [0, 0.1) is 0 Å². The van der Waals surface area contributed by atoms with Crippen molar-refractivity contribution in [3.8, 4) is 0 Å². The van der Waals surface area contributed by atoms with Gasteiger partial charge in [-0.05, 0) is 108 Å². The van der Waals surface area contributed by atoms with E-state index in [4.69, 9.17) is 0 Å². The summed E-state index contributed by atoms with van der Waals surface area (Å²) in [4.78, 5) is -2.20. The SMILES string of the molecule is O.O.O.O.O=S(=O)([O-])c1cccc2c(S(=O)(=O)[O-])cccc12.O=S(=O)([O-])c1cccc2c(S(=O)(=O)[O-])cccc12.[NH3+]c1ccc(Cc2ccc([NH3+])cc2)cc1.[NH3+]c1ccc(Cc2ccc([NH3+])cc2)cc1. The predicted molar refractivity (Wildman–Crippen MR) is 256 cm³/mol. The second-order valence-corrected chi connectivity index (χ2v) is 20.0. The Morgan fingerprint density at radius 2 is 0.429 bits per heavy atom. The zero-order valence-corrected chi connectivity index (χ0v) is 40.2. The van der Waals surface area contributed by atoms with Gasteiger partial charge in [0.05, 0.1) is 19.6 Å². The highest BCUT2D eigenvalue weighted by molar-refractivity contribution is 7.87. The second-order valence-electron chi connectivity index (χ2n) is 14.7. The lowest BCUT2D eigenvalue weighted by Gasteiger charge is -2.14. The average Bonchev–Trinajstić information content (AvgIpc) is 3.25. The molecule has 20 N–H and O–H groups in total. The molecule has 0 saturated heterocycles. The van der Waals surface area contributed by atoms with E-state index in [1.54, 1.807) is 0 Å². The zero-order chi connectivity index (χ0) is 48.5. The van der Waals surface area contributed by atoms with E-state index in [2.05, 4.69) is 71.5 Å². The Hall–Kier alpha value is -6.40. The van der Waals surface area contributed by atoms with Gasteiger partial charge in [-0.2, -0.15) is 0 Å². The molecular weight excluding hydrogens is 993 g/mol. The minimum Gasteiger partial charge on any atom is -0.744 e. The summed E-state index contributed by atoms with van der Waals surface area (Å²) in [6.45, 7) is 0. The monoisotopic (exact) mass is 1040 g/mol. The molecular formula is C46H52N4O16S4. The summed E-state index contributed by atoms with van der Waals surface area (Å²) >= 11 is 0. The zero-order valence-electron chi connectivity index (χ0n) is 36.9. The molecule has 24 heteroatoms. The summed E-state index contributed by atoms with van der Waals surface area (Å²) in [5.74, 6) is 0. The van der Waals surface area contributed by atoms with Crippen LogP contribution in [0.1, 0.15) is 22.3 Å². The molecule has 8 aromatic rings. The van der Waals surface area contributed by atoms with E-state index in [0.29, 0.717) is 0 Å². The summed E-state index contributed by atoms with van der Waals surface area (Å²) < 4.78 is 132. The summed E-state index contributed by atoms with van der Waals surface area (Å²) in [6, 6.07) is 47.6. The van der Waals surface area contributed by atoms with Crippen molar-refractivity contribution in [3.05, 3.63) is 192 Å². The van der Waals surface area contributed by atoms with Crippen LogP contribution in [-0.4, -0.2) is 73.8 Å². The Balaban J connectivity index is 0.000000459. The second kappa shape index (κ2) is 26.0. The Bertz CT molecular complexity index is 2980. The van der Waals surface area contributed by atoms with Crippen LogP contribution >= 0.6 is 0 Å². The van der Waals surface area contributed by atoms with Gasteiger partial charge in [-0.15, -0.1) is 0 Å². The van der Waals surface area contributed by atoms with Crippen molar-refractivity contribution in [1.82, 2.24) is 0 Å². The Morgan fingerprint density at radius 1 is 0.271 bits per heavy atom. The lowest BCUT2D eigenvalue weighted by Crippen LogP contribution is -2.40. The maximum Gasteiger partial charge on any atom is 0.127 e. The van der Waals surface area contributed by atoms with Crippen LogP contribution in [0.5, 0.6) is 0 Å². The normalized spacial score (nSPS) is 11.0. The fourth-order valence-corrected chi connectivity index (χ4v) is 9.25. The smallest absolute Gasteiger partial charge is 0.127 e. The molecule has 0 spiro atoms. The molecule has 20 nitrogen and oxygen atoms in total. The third-order valence-electron chi connectivity index (χ3n) is 9.67. The molecule has 70 heavy (non-hydrogen) atoms.